The maximum Gasteiger partial charge on any atom is 0.271 e. The average molecular weight is 398 g/mol. The average Bonchev–Trinajstić information content (AvgIpc) is 3.32. The number of amides is 1. The highest BCUT2D eigenvalue weighted by Gasteiger charge is 2.16. The van der Waals surface area contributed by atoms with Crippen molar-refractivity contribution in [3.05, 3.63) is 63.3 Å². The van der Waals surface area contributed by atoms with E-state index >= 15 is 0 Å². The van der Waals surface area contributed by atoms with Gasteiger partial charge in [0, 0.05) is 28.7 Å². The predicted molar refractivity (Wildman–Crippen MR) is 106 cm³/mol. The van der Waals surface area contributed by atoms with Crippen molar-refractivity contribution in [2.24, 2.45) is 0 Å². The molecule has 0 fully saturated rings. The zero-order valence-electron chi connectivity index (χ0n) is 14.2. The number of fused-ring (bicyclic) bond motifs is 1. The van der Waals surface area contributed by atoms with E-state index in [1.54, 1.807) is 11.6 Å². The number of ether oxygens (including phenoxy) is 1. The molecule has 1 amide bonds. The molecule has 3 aromatic heterocycles. The number of thiazole rings is 2. The summed E-state index contributed by atoms with van der Waals surface area (Å²) in [5.74, 6) is 0.195. The standard InChI is InChI=1S/C18H14N4O3S2/c1-2-25-14-6-4-3-5-11(14)13-10-27-17(20-13)21-15(23)12-9-19-18-22(16(12)24)7-8-26-18/h3-10H,2H2,1H3,(H,20,21,23). The predicted octanol–water partition coefficient (Wildman–Crippen LogP) is 3.53. The van der Waals surface area contributed by atoms with E-state index in [9.17, 15) is 9.59 Å². The van der Waals surface area contributed by atoms with Crippen LogP contribution in [0.4, 0.5) is 5.13 Å². The van der Waals surface area contributed by atoms with E-state index < -0.39 is 11.5 Å². The largest absolute Gasteiger partial charge is 0.493 e. The number of nitrogens with zero attached hydrogens (tertiary/aromatic N) is 3. The number of hydrogen-bond donors (Lipinski definition) is 1. The Balaban J connectivity index is 1.60. The molecule has 1 N–H and O–H groups in total. The van der Waals surface area contributed by atoms with Crippen LogP contribution in [0.3, 0.4) is 0 Å². The molecule has 0 saturated heterocycles. The first-order valence-corrected chi connectivity index (χ1v) is 9.87. The van der Waals surface area contributed by atoms with Crippen LogP contribution in [-0.4, -0.2) is 26.9 Å². The first kappa shape index (κ1) is 17.4. The number of anilines is 1. The Bertz CT molecular complexity index is 1180. The Kier molecular flexibility index (Phi) is 4.69. The van der Waals surface area contributed by atoms with Gasteiger partial charge in [0.2, 0.25) is 0 Å². The van der Waals surface area contributed by atoms with E-state index in [2.05, 4.69) is 15.3 Å². The SMILES string of the molecule is CCOc1ccccc1-c1csc(NC(=O)c2cnc3sccn3c2=O)n1. The zero-order chi connectivity index (χ0) is 18.8. The summed E-state index contributed by atoms with van der Waals surface area (Å²) in [6.07, 6.45) is 2.89. The fourth-order valence-corrected chi connectivity index (χ4v) is 3.94. The Hall–Kier alpha value is -3.04. The van der Waals surface area contributed by atoms with Gasteiger partial charge >= 0.3 is 0 Å². The summed E-state index contributed by atoms with van der Waals surface area (Å²) in [6, 6.07) is 7.58. The number of hydrogen-bond acceptors (Lipinski definition) is 7. The van der Waals surface area contributed by atoms with E-state index in [1.807, 2.05) is 36.6 Å². The van der Waals surface area contributed by atoms with Crippen LogP contribution in [0.2, 0.25) is 0 Å². The molecule has 4 rings (SSSR count). The molecule has 0 saturated carbocycles. The third-order valence-electron chi connectivity index (χ3n) is 3.77. The van der Waals surface area contributed by atoms with Gasteiger partial charge in [0.1, 0.15) is 11.3 Å². The number of aromatic nitrogens is 3. The van der Waals surface area contributed by atoms with Crippen LogP contribution in [-0.2, 0) is 0 Å². The molecule has 27 heavy (non-hydrogen) atoms. The molecule has 9 heteroatoms. The molecule has 0 aliphatic carbocycles. The van der Waals surface area contributed by atoms with Gasteiger partial charge in [-0.05, 0) is 19.1 Å². The summed E-state index contributed by atoms with van der Waals surface area (Å²) >= 11 is 2.61. The highest BCUT2D eigenvalue weighted by atomic mass is 32.1. The van der Waals surface area contributed by atoms with Crippen molar-refractivity contribution in [3.63, 3.8) is 0 Å². The van der Waals surface area contributed by atoms with Crippen molar-refractivity contribution in [1.29, 1.82) is 0 Å². The van der Waals surface area contributed by atoms with Crippen LogP contribution in [0, 0.1) is 0 Å². The Morgan fingerprint density at radius 1 is 1.30 bits per heavy atom. The minimum atomic E-state index is -0.535. The Labute approximate surface area is 161 Å². The molecule has 0 spiro atoms. The molecule has 0 aliphatic rings. The summed E-state index contributed by atoms with van der Waals surface area (Å²) in [5, 5.41) is 6.65. The molecule has 0 bridgehead atoms. The van der Waals surface area contributed by atoms with Crippen LogP contribution in [0.15, 0.2) is 52.2 Å². The quantitative estimate of drug-likeness (QED) is 0.556. The Morgan fingerprint density at radius 3 is 3.00 bits per heavy atom. The molecule has 1 aromatic carbocycles. The normalized spacial score (nSPS) is 10.9. The third kappa shape index (κ3) is 3.34. The molecular formula is C18H14N4O3S2. The number of benzene rings is 1. The summed E-state index contributed by atoms with van der Waals surface area (Å²) in [5.41, 5.74) is 1.11. The second-order valence-electron chi connectivity index (χ2n) is 5.45. The van der Waals surface area contributed by atoms with E-state index in [-0.39, 0.29) is 5.56 Å². The van der Waals surface area contributed by atoms with Crippen molar-refractivity contribution in [2.45, 2.75) is 6.92 Å². The monoisotopic (exact) mass is 398 g/mol. The zero-order valence-corrected chi connectivity index (χ0v) is 15.8. The second-order valence-corrected chi connectivity index (χ2v) is 7.18. The van der Waals surface area contributed by atoms with Crippen molar-refractivity contribution in [3.8, 4) is 17.0 Å². The lowest BCUT2D eigenvalue weighted by Crippen LogP contribution is -2.25. The number of carbonyl (C=O) groups excluding carboxylic acids is 1. The van der Waals surface area contributed by atoms with Crippen LogP contribution < -0.4 is 15.6 Å². The number of carbonyl (C=O) groups is 1. The van der Waals surface area contributed by atoms with Crippen LogP contribution in [0.5, 0.6) is 5.75 Å². The molecular weight excluding hydrogens is 384 g/mol. The van der Waals surface area contributed by atoms with Crippen molar-refractivity contribution in [1.82, 2.24) is 14.4 Å². The maximum atomic E-state index is 12.5. The van der Waals surface area contributed by atoms with Crippen LogP contribution >= 0.6 is 22.7 Å². The number of para-hydroxylation sites is 1. The molecule has 0 aliphatic heterocycles. The molecule has 4 aromatic rings. The van der Waals surface area contributed by atoms with E-state index in [0.717, 1.165) is 11.3 Å². The molecule has 0 unspecified atom stereocenters. The molecule has 0 atom stereocenters. The van der Waals surface area contributed by atoms with Gasteiger partial charge in [-0.15, -0.1) is 22.7 Å². The summed E-state index contributed by atoms with van der Waals surface area (Å²) < 4.78 is 6.98. The highest BCUT2D eigenvalue weighted by molar-refractivity contribution is 7.15. The van der Waals surface area contributed by atoms with Gasteiger partial charge in [0.25, 0.3) is 11.5 Å². The fourth-order valence-electron chi connectivity index (χ4n) is 2.56. The lowest BCUT2D eigenvalue weighted by atomic mass is 10.1. The lowest BCUT2D eigenvalue weighted by molar-refractivity contribution is 0.102. The van der Waals surface area contributed by atoms with E-state index in [4.69, 9.17) is 4.74 Å². The van der Waals surface area contributed by atoms with Crippen LogP contribution in [0.1, 0.15) is 17.3 Å². The van der Waals surface area contributed by atoms with Crippen molar-refractivity contribution in [2.75, 3.05) is 11.9 Å². The minimum absolute atomic E-state index is 0.0302. The molecule has 7 nitrogen and oxygen atoms in total. The second kappa shape index (κ2) is 7.29. The van der Waals surface area contributed by atoms with Gasteiger partial charge in [-0.3, -0.25) is 19.3 Å². The van der Waals surface area contributed by atoms with Crippen molar-refractivity contribution >= 4 is 38.7 Å². The summed E-state index contributed by atoms with van der Waals surface area (Å²) in [4.78, 5) is 34.0. The highest BCUT2D eigenvalue weighted by Crippen LogP contribution is 2.32. The Morgan fingerprint density at radius 2 is 2.15 bits per heavy atom. The first-order valence-electron chi connectivity index (χ1n) is 8.11. The topological polar surface area (TPSA) is 85.6 Å². The maximum absolute atomic E-state index is 12.5. The summed E-state index contributed by atoms with van der Waals surface area (Å²) in [7, 11) is 0. The number of nitrogens with one attached hydrogen (secondary N) is 1. The van der Waals surface area contributed by atoms with Gasteiger partial charge in [-0.1, -0.05) is 12.1 Å². The third-order valence-corrected chi connectivity index (χ3v) is 5.30. The van der Waals surface area contributed by atoms with Gasteiger partial charge in [0.15, 0.2) is 10.1 Å². The number of rotatable bonds is 5. The lowest BCUT2D eigenvalue weighted by Gasteiger charge is -2.07. The van der Waals surface area contributed by atoms with Gasteiger partial charge in [0.05, 0.1) is 12.3 Å². The summed E-state index contributed by atoms with van der Waals surface area (Å²) in [6.45, 7) is 2.47. The van der Waals surface area contributed by atoms with E-state index in [0.29, 0.717) is 22.4 Å². The molecule has 3 heterocycles. The molecule has 136 valence electrons. The fraction of sp³-hybridized carbons (Fsp3) is 0.111. The van der Waals surface area contributed by atoms with Gasteiger partial charge in [-0.2, -0.15) is 0 Å². The van der Waals surface area contributed by atoms with Gasteiger partial charge in [-0.25, -0.2) is 9.97 Å². The molecule has 0 radical (unpaired) electrons. The minimum Gasteiger partial charge on any atom is -0.493 e. The van der Waals surface area contributed by atoms with E-state index in [1.165, 1.54) is 33.3 Å². The van der Waals surface area contributed by atoms with Gasteiger partial charge < -0.3 is 4.74 Å². The smallest absolute Gasteiger partial charge is 0.271 e. The van der Waals surface area contributed by atoms with Crippen LogP contribution in [0.25, 0.3) is 16.2 Å². The van der Waals surface area contributed by atoms with Crippen molar-refractivity contribution < 1.29 is 9.53 Å². The first-order chi connectivity index (χ1) is 13.2.